The summed E-state index contributed by atoms with van der Waals surface area (Å²) in [6, 6.07) is 17.4. The van der Waals surface area contributed by atoms with E-state index < -0.39 is 5.97 Å². The maximum atomic E-state index is 12.4. The summed E-state index contributed by atoms with van der Waals surface area (Å²) >= 11 is 0. The van der Waals surface area contributed by atoms with E-state index in [4.69, 9.17) is 9.47 Å². The SMILES string of the molecule is COC(=O)N1CCC(Cc2ccc(Oc3ccc(CC(=O)Nc4ccccc4C(=O)O)cn3)cc2)C1. The first-order valence-electron chi connectivity index (χ1n) is 11.6. The van der Waals surface area contributed by atoms with E-state index in [1.807, 2.05) is 24.3 Å². The number of nitrogens with zero attached hydrogens (tertiary/aromatic N) is 2. The van der Waals surface area contributed by atoms with Crippen molar-refractivity contribution in [2.45, 2.75) is 19.3 Å². The molecule has 9 heteroatoms. The summed E-state index contributed by atoms with van der Waals surface area (Å²) in [5.41, 5.74) is 2.11. The molecule has 186 valence electrons. The third-order valence-electron chi connectivity index (χ3n) is 5.98. The lowest BCUT2D eigenvalue weighted by Crippen LogP contribution is -2.28. The summed E-state index contributed by atoms with van der Waals surface area (Å²) in [4.78, 5) is 41.3. The van der Waals surface area contributed by atoms with Crippen LogP contribution in [0.3, 0.4) is 0 Å². The van der Waals surface area contributed by atoms with Crippen LogP contribution in [0.25, 0.3) is 0 Å². The Hall–Kier alpha value is -4.40. The molecule has 4 rings (SSSR count). The van der Waals surface area contributed by atoms with Gasteiger partial charge < -0.3 is 24.8 Å². The second-order valence-electron chi connectivity index (χ2n) is 8.60. The number of para-hydroxylation sites is 1. The molecule has 2 heterocycles. The zero-order chi connectivity index (χ0) is 25.5. The van der Waals surface area contributed by atoms with E-state index >= 15 is 0 Å². The summed E-state index contributed by atoms with van der Waals surface area (Å²) in [5.74, 6) is -0.00488. The van der Waals surface area contributed by atoms with Crippen molar-refractivity contribution in [3.63, 3.8) is 0 Å². The van der Waals surface area contributed by atoms with Crippen molar-refractivity contribution in [3.8, 4) is 11.6 Å². The van der Waals surface area contributed by atoms with Gasteiger partial charge in [0, 0.05) is 25.4 Å². The number of anilines is 1. The molecule has 9 nitrogen and oxygen atoms in total. The van der Waals surface area contributed by atoms with Crippen LogP contribution < -0.4 is 10.1 Å². The molecule has 0 spiro atoms. The van der Waals surface area contributed by atoms with Gasteiger partial charge in [-0.2, -0.15) is 0 Å². The van der Waals surface area contributed by atoms with Gasteiger partial charge in [-0.1, -0.05) is 30.3 Å². The number of pyridine rings is 1. The van der Waals surface area contributed by atoms with Crippen molar-refractivity contribution in [2.75, 3.05) is 25.5 Å². The van der Waals surface area contributed by atoms with Gasteiger partial charge in [0.15, 0.2) is 0 Å². The van der Waals surface area contributed by atoms with Crippen LogP contribution in [0.15, 0.2) is 66.9 Å². The number of carboxylic acids is 1. The Bertz CT molecular complexity index is 1230. The third-order valence-corrected chi connectivity index (χ3v) is 5.98. The fourth-order valence-corrected chi connectivity index (χ4v) is 4.18. The number of benzene rings is 2. The van der Waals surface area contributed by atoms with Crippen LogP contribution in [0, 0.1) is 5.92 Å². The number of carbonyl (C=O) groups is 3. The zero-order valence-corrected chi connectivity index (χ0v) is 19.8. The summed E-state index contributed by atoms with van der Waals surface area (Å²) in [6.45, 7) is 1.42. The smallest absolute Gasteiger partial charge is 0.409 e. The lowest BCUT2D eigenvalue weighted by atomic mass is 9.99. The van der Waals surface area contributed by atoms with E-state index in [1.165, 1.54) is 13.2 Å². The van der Waals surface area contributed by atoms with Gasteiger partial charge in [-0.3, -0.25) is 4.79 Å². The number of carbonyl (C=O) groups excluding carboxylic acids is 2. The molecule has 2 aromatic carbocycles. The van der Waals surface area contributed by atoms with Crippen molar-refractivity contribution in [1.82, 2.24) is 9.88 Å². The average molecular weight is 490 g/mol. The molecular formula is C27H27N3O6. The fourth-order valence-electron chi connectivity index (χ4n) is 4.18. The molecule has 1 aromatic heterocycles. The van der Waals surface area contributed by atoms with Gasteiger partial charge >= 0.3 is 12.1 Å². The summed E-state index contributed by atoms with van der Waals surface area (Å²) in [7, 11) is 1.40. The molecular weight excluding hydrogens is 462 g/mol. The van der Waals surface area contributed by atoms with E-state index in [1.54, 1.807) is 41.4 Å². The maximum Gasteiger partial charge on any atom is 0.409 e. The highest BCUT2D eigenvalue weighted by atomic mass is 16.5. The van der Waals surface area contributed by atoms with Crippen LogP contribution in [-0.2, 0) is 22.4 Å². The predicted molar refractivity (Wildman–Crippen MR) is 132 cm³/mol. The highest BCUT2D eigenvalue weighted by Gasteiger charge is 2.26. The normalized spacial score (nSPS) is 14.8. The zero-order valence-electron chi connectivity index (χ0n) is 19.8. The number of nitrogens with one attached hydrogen (secondary N) is 1. The second-order valence-corrected chi connectivity index (χ2v) is 8.60. The fraction of sp³-hybridized carbons (Fsp3) is 0.259. The van der Waals surface area contributed by atoms with Crippen molar-refractivity contribution in [1.29, 1.82) is 0 Å². The number of likely N-dealkylation sites (tertiary alicyclic amines) is 1. The van der Waals surface area contributed by atoms with Crippen molar-refractivity contribution in [2.24, 2.45) is 5.92 Å². The first kappa shape index (κ1) is 24.7. The molecule has 0 saturated carbocycles. The van der Waals surface area contributed by atoms with Gasteiger partial charge in [0.05, 0.1) is 24.8 Å². The lowest BCUT2D eigenvalue weighted by molar-refractivity contribution is -0.115. The van der Waals surface area contributed by atoms with Gasteiger partial charge in [0.25, 0.3) is 0 Å². The average Bonchev–Trinajstić information content (AvgIpc) is 3.34. The Morgan fingerprint density at radius 2 is 1.81 bits per heavy atom. The van der Waals surface area contributed by atoms with E-state index in [2.05, 4.69) is 10.3 Å². The second kappa shape index (κ2) is 11.4. The van der Waals surface area contributed by atoms with Gasteiger partial charge in [-0.15, -0.1) is 0 Å². The minimum atomic E-state index is -1.11. The molecule has 0 aliphatic carbocycles. The Morgan fingerprint density at radius 1 is 1.06 bits per heavy atom. The van der Waals surface area contributed by atoms with E-state index in [0.717, 1.165) is 24.9 Å². The number of rotatable bonds is 8. The molecule has 1 aliphatic heterocycles. The van der Waals surface area contributed by atoms with Gasteiger partial charge in [-0.05, 0) is 54.2 Å². The quantitative estimate of drug-likeness (QED) is 0.482. The molecule has 2 N–H and O–H groups in total. The van der Waals surface area contributed by atoms with E-state index in [0.29, 0.717) is 29.7 Å². The van der Waals surface area contributed by atoms with E-state index in [9.17, 15) is 19.5 Å². The number of ether oxygens (including phenoxy) is 2. The van der Waals surface area contributed by atoms with Gasteiger partial charge in [0.1, 0.15) is 5.75 Å². The van der Waals surface area contributed by atoms with Crippen molar-refractivity contribution < 1.29 is 29.0 Å². The Morgan fingerprint density at radius 3 is 2.50 bits per heavy atom. The molecule has 1 saturated heterocycles. The molecule has 36 heavy (non-hydrogen) atoms. The van der Waals surface area contributed by atoms with Crippen molar-refractivity contribution in [3.05, 3.63) is 83.6 Å². The van der Waals surface area contributed by atoms with Crippen LogP contribution in [0.2, 0.25) is 0 Å². The largest absolute Gasteiger partial charge is 0.478 e. The Balaban J connectivity index is 1.28. The van der Waals surface area contributed by atoms with Crippen molar-refractivity contribution >= 4 is 23.7 Å². The number of hydrogen-bond acceptors (Lipinski definition) is 6. The standard InChI is InChI=1S/C27H27N3O6/c1-35-27(34)30-13-12-20(17-30)14-18-6-9-21(10-7-18)36-25-11-8-19(16-28-25)15-24(31)29-23-5-3-2-4-22(23)26(32)33/h2-11,16,20H,12-15,17H2,1H3,(H,29,31)(H,32,33). The number of methoxy groups -OCH3 is 1. The maximum absolute atomic E-state index is 12.4. The molecule has 3 aromatic rings. The molecule has 0 bridgehead atoms. The summed E-state index contributed by atoms with van der Waals surface area (Å²) in [6.07, 6.45) is 3.15. The monoisotopic (exact) mass is 489 g/mol. The molecule has 2 amide bonds. The molecule has 1 fully saturated rings. The van der Waals surface area contributed by atoms with Gasteiger partial charge in [-0.25, -0.2) is 14.6 Å². The molecule has 0 radical (unpaired) electrons. The minimum Gasteiger partial charge on any atom is -0.478 e. The van der Waals surface area contributed by atoms with Crippen LogP contribution >= 0.6 is 0 Å². The molecule has 1 atom stereocenters. The van der Waals surface area contributed by atoms with Crippen LogP contribution in [0.5, 0.6) is 11.6 Å². The topological polar surface area (TPSA) is 118 Å². The first-order chi connectivity index (χ1) is 17.4. The number of hydrogen-bond donors (Lipinski definition) is 2. The van der Waals surface area contributed by atoms with Crippen LogP contribution in [0.4, 0.5) is 10.5 Å². The number of amides is 2. The molecule has 1 aliphatic rings. The predicted octanol–water partition coefficient (Wildman–Crippen LogP) is 4.38. The number of aromatic nitrogens is 1. The Labute approximate surface area is 208 Å². The highest BCUT2D eigenvalue weighted by molar-refractivity contribution is 6.00. The Kier molecular flexibility index (Phi) is 7.79. The number of carboxylic acid groups (broad SMARTS) is 1. The van der Waals surface area contributed by atoms with Gasteiger partial charge in [0.2, 0.25) is 11.8 Å². The lowest BCUT2D eigenvalue weighted by Gasteiger charge is -2.14. The van der Waals surface area contributed by atoms with E-state index in [-0.39, 0.29) is 29.7 Å². The highest BCUT2D eigenvalue weighted by Crippen LogP contribution is 2.25. The first-order valence-corrected chi connectivity index (χ1v) is 11.6. The van der Waals surface area contributed by atoms with Crippen LogP contribution in [0.1, 0.15) is 27.9 Å². The molecule has 1 unspecified atom stereocenters. The third kappa shape index (κ3) is 6.38. The number of aromatic carboxylic acids is 1. The summed E-state index contributed by atoms with van der Waals surface area (Å²) in [5, 5.41) is 11.9. The summed E-state index contributed by atoms with van der Waals surface area (Å²) < 4.78 is 10.6. The van der Waals surface area contributed by atoms with Crippen LogP contribution in [-0.4, -0.2) is 53.2 Å². The minimum absolute atomic E-state index is 0.0325.